The molecular weight excluding hydrogens is 266 g/mol. The van der Waals surface area contributed by atoms with Crippen LogP contribution in [0.25, 0.3) is 0 Å². The van der Waals surface area contributed by atoms with E-state index in [9.17, 15) is 0 Å². The van der Waals surface area contributed by atoms with Gasteiger partial charge in [0, 0.05) is 6.04 Å². The van der Waals surface area contributed by atoms with Gasteiger partial charge in [-0.3, -0.25) is 0 Å². The first kappa shape index (κ1) is 15.4. The van der Waals surface area contributed by atoms with E-state index in [1.165, 1.54) is 0 Å². The van der Waals surface area contributed by atoms with Crippen LogP contribution >= 0.6 is 0 Å². The first-order chi connectivity index (χ1) is 10.1. The van der Waals surface area contributed by atoms with E-state index in [2.05, 4.69) is 26.1 Å². The lowest BCUT2D eigenvalue weighted by Crippen LogP contribution is -2.21. The molecule has 0 atom stereocenters. The molecule has 1 aromatic heterocycles. The predicted octanol–water partition coefficient (Wildman–Crippen LogP) is 3.67. The van der Waals surface area contributed by atoms with Crippen molar-refractivity contribution in [2.45, 2.75) is 40.0 Å². The molecule has 4 heteroatoms. The molecule has 0 amide bonds. The molecule has 21 heavy (non-hydrogen) atoms. The van der Waals surface area contributed by atoms with E-state index in [1.807, 2.05) is 30.3 Å². The van der Waals surface area contributed by atoms with Crippen molar-refractivity contribution in [3.8, 4) is 11.5 Å². The van der Waals surface area contributed by atoms with Crippen molar-refractivity contribution in [3.63, 3.8) is 0 Å². The van der Waals surface area contributed by atoms with E-state index in [4.69, 9.17) is 13.9 Å². The van der Waals surface area contributed by atoms with Crippen molar-refractivity contribution in [2.75, 3.05) is 7.11 Å². The first-order valence-electron chi connectivity index (χ1n) is 7.17. The molecule has 0 aliphatic carbocycles. The fourth-order valence-corrected chi connectivity index (χ4v) is 1.96. The average molecular weight is 289 g/mol. The van der Waals surface area contributed by atoms with Crippen LogP contribution in [0.1, 0.15) is 30.9 Å². The summed E-state index contributed by atoms with van der Waals surface area (Å²) < 4.78 is 16.7. The molecule has 0 unspecified atom stereocenters. The van der Waals surface area contributed by atoms with Gasteiger partial charge in [-0.2, -0.15) is 0 Å². The molecule has 0 saturated heterocycles. The number of hydrogen-bond donors (Lipinski definition) is 1. The van der Waals surface area contributed by atoms with E-state index < -0.39 is 0 Å². The highest BCUT2D eigenvalue weighted by atomic mass is 16.5. The largest absolute Gasteiger partial charge is 0.497 e. The van der Waals surface area contributed by atoms with Crippen molar-refractivity contribution >= 4 is 0 Å². The quantitative estimate of drug-likeness (QED) is 0.844. The van der Waals surface area contributed by atoms with E-state index in [0.29, 0.717) is 12.6 Å². The van der Waals surface area contributed by atoms with E-state index in [-0.39, 0.29) is 0 Å². The third kappa shape index (κ3) is 4.53. The fraction of sp³-hybridized carbons (Fsp3) is 0.412. The average Bonchev–Trinajstić information content (AvgIpc) is 2.84. The first-order valence-corrected chi connectivity index (χ1v) is 7.17. The highest BCUT2D eigenvalue weighted by molar-refractivity contribution is 5.31. The summed E-state index contributed by atoms with van der Waals surface area (Å²) in [5.74, 6) is 3.42. The molecular formula is C17H23NO3. The molecule has 4 nitrogen and oxygen atoms in total. The summed E-state index contributed by atoms with van der Waals surface area (Å²) in [6.45, 7) is 7.45. The van der Waals surface area contributed by atoms with Gasteiger partial charge in [0.05, 0.1) is 13.7 Å². The number of nitrogens with one attached hydrogen (secondary N) is 1. The summed E-state index contributed by atoms with van der Waals surface area (Å²) in [5.41, 5.74) is 1.15. The maximum Gasteiger partial charge on any atom is 0.146 e. The van der Waals surface area contributed by atoms with Crippen LogP contribution in [0.3, 0.4) is 0 Å². The van der Waals surface area contributed by atoms with Gasteiger partial charge in [-0.15, -0.1) is 0 Å². The third-order valence-electron chi connectivity index (χ3n) is 3.18. The lowest BCUT2D eigenvalue weighted by molar-refractivity contribution is 0.264. The monoisotopic (exact) mass is 289 g/mol. The maximum atomic E-state index is 5.82. The second-order valence-corrected chi connectivity index (χ2v) is 5.32. The van der Waals surface area contributed by atoms with E-state index >= 15 is 0 Å². The third-order valence-corrected chi connectivity index (χ3v) is 3.18. The highest BCUT2D eigenvalue weighted by Gasteiger charge is 2.08. The smallest absolute Gasteiger partial charge is 0.146 e. The van der Waals surface area contributed by atoms with Gasteiger partial charge in [0.15, 0.2) is 0 Å². The van der Waals surface area contributed by atoms with Crippen molar-refractivity contribution in [3.05, 3.63) is 47.4 Å². The molecule has 2 aromatic rings. The van der Waals surface area contributed by atoms with Gasteiger partial charge >= 0.3 is 0 Å². The number of hydrogen-bond acceptors (Lipinski definition) is 4. The number of methoxy groups -OCH3 is 1. The zero-order valence-corrected chi connectivity index (χ0v) is 13.1. The van der Waals surface area contributed by atoms with Gasteiger partial charge in [-0.05, 0) is 42.8 Å². The molecule has 2 rings (SSSR count). The topological polar surface area (TPSA) is 43.6 Å². The van der Waals surface area contributed by atoms with E-state index in [1.54, 1.807) is 7.11 Å². The zero-order valence-electron chi connectivity index (χ0n) is 13.1. The summed E-state index contributed by atoms with van der Waals surface area (Å²) in [5, 5.41) is 3.35. The van der Waals surface area contributed by atoms with Gasteiger partial charge in [-0.1, -0.05) is 13.8 Å². The summed E-state index contributed by atoms with van der Waals surface area (Å²) in [6, 6.07) is 9.99. The Morgan fingerprint density at radius 2 is 1.81 bits per heavy atom. The standard InChI is InChI=1S/C17H23NO3/c1-12(2)18-10-17-13(3)9-16(21-17)11-20-15-7-5-14(19-4)6-8-15/h5-9,12,18H,10-11H2,1-4H3. The Labute approximate surface area is 126 Å². The van der Waals surface area contributed by atoms with Crippen LogP contribution < -0.4 is 14.8 Å². The Hall–Kier alpha value is -1.94. The molecule has 0 bridgehead atoms. The number of aryl methyl sites for hydroxylation is 1. The maximum absolute atomic E-state index is 5.82. The Balaban J connectivity index is 1.92. The van der Waals surface area contributed by atoms with Gasteiger partial charge in [-0.25, -0.2) is 0 Å². The number of ether oxygens (including phenoxy) is 2. The fourth-order valence-electron chi connectivity index (χ4n) is 1.96. The van der Waals surface area contributed by atoms with Gasteiger partial charge in [0.1, 0.15) is 29.6 Å². The van der Waals surface area contributed by atoms with Crippen molar-refractivity contribution < 1.29 is 13.9 Å². The van der Waals surface area contributed by atoms with Crippen LogP contribution in [0.15, 0.2) is 34.7 Å². The predicted molar refractivity (Wildman–Crippen MR) is 82.7 cm³/mol. The Morgan fingerprint density at radius 3 is 2.43 bits per heavy atom. The molecule has 114 valence electrons. The minimum absolute atomic E-state index is 0.425. The summed E-state index contributed by atoms with van der Waals surface area (Å²) in [6.07, 6.45) is 0. The Bertz CT molecular complexity index is 558. The molecule has 1 N–H and O–H groups in total. The van der Waals surface area contributed by atoms with Crippen molar-refractivity contribution in [1.29, 1.82) is 0 Å². The SMILES string of the molecule is COc1ccc(OCc2cc(C)c(CNC(C)C)o2)cc1. The van der Waals surface area contributed by atoms with Crippen LogP contribution in [-0.2, 0) is 13.2 Å². The van der Waals surface area contributed by atoms with Crippen LogP contribution in [0.2, 0.25) is 0 Å². The van der Waals surface area contributed by atoms with Crippen LogP contribution in [0.5, 0.6) is 11.5 Å². The summed E-state index contributed by atoms with van der Waals surface area (Å²) >= 11 is 0. The number of benzene rings is 1. The Kier molecular flexibility index (Phi) is 5.28. The molecule has 0 spiro atoms. The van der Waals surface area contributed by atoms with Crippen LogP contribution in [0, 0.1) is 6.92 Å². The zero-order chi connectivity index (χ0) is 15.2. The second kappa shape index (κ2) is 7.18. The molecule has 0 fully saturated rings. The summed E-state index contributed by atoms with van der Waals surface area (Å²) in [4.78, 5) is 0. The number of rotatable bonds is 7. The highest BCUT2D eigenvalue weighted by Crippen LogP contribution is 2.20. The molecule has 0 radical (unpaired) electrons. The van der Waals surface area contributed by atoms with Crippen LogP contribution in [0.4, 0.5) is 0 Å². The second-order valence-electron chi connectivity index (χ2n) is 5.32. The molecule has 0 aliphatic heterocycles. The van der Waals surface area contributed by atoms with E-state index in [0.717, 1.165) is 35.1 Å². The normalized spacial score (nSPS) is 10.9. The molecule has 1 aromatic carbocycles. The van der Waals surface area contributed by atoms with Crippen molar-refractivity contribution in [2.24, 2.45) is 0 Å². The van der Waals surface area contributed by atoms with Crippen molar-refractivity contribution in [1.82, 2.24) is 5.32 Å². The van der Waals surface area contributed by atoms with Gasteiger partial charge in [0.25, 0.3) is 0 Å². The lowest BCUT2D eigenvalue weighted by Gasteiger charge is -2.07. The molecule has 0 saturated carbocycles. The molecule has 1 heterocycles. The lowest BCUT2D eigenvalue weighted by atomic mass is 10.2. The minimum atomic E-state index is 0.425. The van der Waals surface area contributed by atoms with Gasteiger partial charge < -0.3 is 19.2 Å². The minimum Gasteiger partial charge on any atom is -0.497 e. The number of furan rings is 1. The van der Waals surface area contributed by atoms with Gasteiger partial charge in [0.2, 0.25) is 0 Å². The molecule has 0 aliphatic rings. The summed E-state index contributed by atoms with van der Waals surface area (Å²) in [7, 11) is 1.65. The Morgan fingerprint density at radius 1 is 1.14 bits per heavy atom. The van der Waals surface area contributed by atoms with Crippen LogP contribution in [-0.4, -0.2) is 13.2 Å².